The van der Waals surface area contributed by atoms with Crippen molar-refractivity contribution >= 4 is 5.97 Å². The molecular weight excluding hydrogens is 275 g/mol. The maximum atomic E-state index is 12.9. The van der Waals surface area contributed by atoms with Gasteiger partial charge < -0.3 is 14.2 Å². The molecule has 0 spiro atoms. The third-order valence-corrected chi connectivity index (χ3v) is 2.69. The molecule has 0 atom stereocenters. The largest absolute Gasteiger partial charge is 0.490 e. The van der Waals surface area contributed by atoms with Gasteiger partial charge in [0.05, 0.1) is 12.7 Å². The Bertz CT molecular complexity index is 595. The minimum absolute atomic E-state index is 0.294. The highest BCUT2D eigenvalue weighted by molar-refractivity contribution is 5.89. The molecule has 4 nitrogen and oxygen atoms in total. The van der Waals surface area contributed by atoms with E-state index in [4.69, 9.17) is 9.47 Å². The fourth-order valence-corrected chi connectivity index (χ4v) is 1.68. The number of ether oxygens (including phenoxy) is 3. The second-order valence-corrected chi connectivity index (χ2v) is 4.17. The Morgan fingerprint density at radius 3 is 2.29 bits per heavy atom. The Balaban J connectivity index is 1.77. The minimum atomic E-state index is -0.393. The average molecular weight is 290 g/mol. The summed E-state index contributed by atoms with van der Waals surface area (Å²) < 4.78 is 28.3. The summed E-state index contributed by atoms with van der Waals surface area (Å²) in [5.74, 6) is 0.341. The van der Waals surface area contributed by atoms with E-state index in [-0.39, 0.29) is 5.82 Å². The Labute approximate surface area is 122 Å². The van der Waals surface area contributed by atoms with E-state index in [0.29, 0.717) is 30.3 Å². The maximum absolute atomic E-state index is 12.9. The molecule has 0 aliphatic carbocycles. The van der Waals surface area contributed by atoms with Crippen LogP contribution in [0, 0.1) is 5.82 Å². The van der Waals surface area contributed by atoms with Gasteiger partial charge in [-0.15, -0.1) is 0 Å². The molecule has 2 aromatic carbocycles. The number of hydrogen-bond acceptors (Lipinski definition) is 4. The molecule has 0 heterocycles. The minimum Gasteiger partial charge on any atom is -0.490 e. The van der Waals surface area contributed by atoms with Gasteiger partial charge in [-0.1, -0.05) is 6.07 Å². The number of carbonyl (C=O) groups is 1. The predicted octanol–water partition coefficient (Wildman–Crippen LogP) is 3.07. The van der Waals surface area contributed by atoms with Crippen molar-refractivity contribution < 1.29 is 23.4 Å². The number of rotatable bonds is 6. The Morgan fingerprint density at radius 1 is 1.00 bits per heavy atom. The van der Waals surface area contributed by atoms with Gasteiger partial charge in [-0.25, -0.2) is 9.18 Å². The highest BCUT2D eigenvalue weighted by atomic mass is 19.1. The molecule has 2 rings (SSSR count). The van der Waals surface area contributed by atoms with Gasteiger partial charge in [0, 0.05) is 6.07 Å². The van der Waals surface area contributed by atoms with Crippen LogP contribution in [-0.2, 0) is 4.74 Å². The molecule has 0 aromatic heterocycles. The summed E-state index contributed by atoms with van der Waals surface area (Å²) in [7, 11) is 1.33. The van der Waals surface area contributed by atoms with Crippen LogP contribution in [0.25, 0.3) is 0 Å². The maximum Gasteiger partial charge on any atom is 0.337 e. The zero-order valence-corrected chi connectivity index (χ0v) is 11.5. The molecule has 0 aliphatic rings. The number of methoxy groups -OCH3 is 1. The number of halogens is 1. The molecular formula is C16H15FO4. The van der Waals surface area contributed by atoms with E-state index in [1.807, 2.05) is 0 Å². The summed E-state index contributed by atoms with van der Waals surface area (Å²) in [6.07, 6.45) is 0. The summed E-state index contributed by atoms with van der Waals surface area (Å²) in [6.45, 7) is 0.607. The second-order valence-electron chi connectivity index (χ2n) is 4.17. The number of esters is 1. The highest BCUT2D eigenvalue weighted by Crippen LogP contribution is 2.14. The zero-order valence-electron chi connectivity index (χ0n) is 11.5. The molecule has 0 saturated carbocycles. The third-order valence-electron chi connectivity index (χ3n) is 2.69. The van der Waals surface area contributed by atoms with Crippen LogP contribution in [0.2, 0.25) is 0 Å². The Hall–Kier alpha value is -2.56. The van der Waals surface area contributed by atoms with Crippen molar-refractivity contribution in [2.24, 2.45) is 0 Å². The number of carbonyl (C=O) groups excluding carboxylic acids is 1. The van der Waals surface area contributed by atoms with Gasteiger partial charge in [0.15, 0.2) is 0 Å². The second kappa shape index (κ2) is 7.28. The lowest BCUT2D eigenvalue weighted by atomic mass is 10.2. The highest BCUT2D eigenvalue weighted by Gasteiger charge is 2.04. The molecule has 0 N–H and O–H groups in total. The standard InChI is InChI=1S/C16H15FO4/c1-19-16(18)12-5-7-14(8-6-12)20-9-10-21-15-4-2-3-13(17)11-15/h2-8,11H,9-10H2,1H3. The van der Waals surface area contributed by atoms with Gasteiger partial charge in [0.1, 0.15) is 30.5 Å². The average Bonchev–Trinajstić information content (AvgIpc) is 2.51. The molecule has 0 aliphatic heterocycles. The van der Waals surface area contributed by atoms with E-state index in [1.165, 1.54) is 19.2 Å². The summed E-state index contributed by atoms with van der Waals surface area (Å²) in [5.41, 5.74) is 0.459. The smallest absolute Gasteiger partial charge is 0.337 e. The monoisotopic (exact) mass is 290 g/mol. The third kappa shape index (κ3) is 4.49. The molecule has 5 heteroatoms. The fraction of sp³-hybridized carbons (Fsp3) is 0.188. The first-order valence-electron chi connectivity index (χ1n) is 6.38. The van der Waals surface area contributed by atoms with Gasteiger partial charge >= 0.3 is 5.97 Å². The number of benzene rings is 2. The van der Waals surface area contributed by atoms with Crippen molar-refractivity contribution in [3.05, 3.63) is 59.9 Å². The first-order valence-corrected chi connectivity index (χ1v) is 6.38. The van der Waals surface area contributed by atoms with Crippen LogP contribution in [-0.4, -0.2) is 26.3 Å². The molecule has 21 heavy (non-hydrogen) atoms. The van der Waals surface area contributed by atoms with Crippen LogP contribution < -0.4 is 9.47 Å². The van der Waals surface area contributed by atoms with Gasteiger partial charge in [0.2, 0.25) is 0 Å². The van der Waals surface area contributed by atoms with Crippen molar-refractivity contribution in [1.29, 1.82) is 0 Å². The molecule has 110 valence electrons. The topological polar surface area (TPSA) is 44.8 Å². The van der Waals surface area contributed by atoms with Crippen LogP contribution in [0.5, 0.6) is 11.5 Å². The Morgan fingerprint density at radius 2 is 1.67 bits per heavy atom. The van der Waals surface area contributed by atoms with Crippen molar-refractivity contribution in [3.63, 3.8) is 0 Å². The van der Waals surface area contributed by atoms with Crippen LogP contribution >= 0.6 is 0 Å². The van der Waals surface area contributed by atoms with E-state index in [9.17, 15) is 9.18 Å². The molecule has 0 fully saturated rings. The van der Waals surface area contributed by atoms with Crippen LogP contribution in [0.4, 0.5) is 4.39 Å². The van der Waals surface area contributed by atoms with E-state index >= 15 is 0 Å². The van der Waals surface area contributed by atoms with E-state index in [2.05, 4.69) is 4.74 Å². The van der Waals surface area contributed by atoms with E-state index in [0.717, 1.165) is 0 Å². The first kappa shape index (κ1) is 14.8. The van der Waals surface area contributed by atoms with Crippen LogP contribution in [0.3, 0.4) is 0 Å². The molecule has 0 saturated heterocycles. The first-order chi connectivity index (χ1) is 10.2. The van der Waals surface area contributed by atoms with Crippen LogP contribution in [0.1, 0.15) is 10.4 Å². The van der Waals surface area contributed by atoms with Gasteiger partial charge in [-0.3, -0.25) is 0 Å². The van der Waals surface area contributed by atoms with Crippen LogP contribution in [0.15, 0.2) is 48.5 Å². The van der Waals surface area contributed by atoms with Crippen molar-refractivity contribution in [2.75, 3.05) is 20.3 Å². The lowest BCUT2D eigenvalue weighted by Gasteiger charge is -2.08. The van der Waals surface area contributed by atoms with Gasteiger partial charge in [-0.05, 0) is 36.4 Å². The Kier molecular flexibility index (Phi) is 5.15. The SMILES string of the molecule is COC(=O)c1ccc(OCCOc2cccc(F)c2)cc1. The molecule has 0 bridgehead atoms. The lowest BCUT2D eigenvalue weighted by Crippen LogP contribution is -2.09. The molecule has 0 amide bonds. The van der Waals surface area contributed by atoms with Crippen molar-refractivity contribution in [1.82, 2.24) is 0 Å². The lowest BCUT2D eigenvalue weighted by molar-refractivity contribution is 0.0600. The summed E-state index contributed by atoms with van der Waals surface area (Å²) in [5, 5.41) is 0. The van der Waals surface area contributed by atoms with Gasteiger partial charge in [-0.2, -0.15) is 0 Å². The van der Waals surface area contributed by atoms with Crippen molar-refractivity contribution in [2.45, 2.75) is 0 Å². The quantitative estimate of drug-likeness (QED) is 0.606. The molecule has 0 radical (unpaired) electrons. The van der Waals surface area contributed by atoms with Crippen molar-refractivity contribution in [3.8, 4) is 11.5 Å². The molecule has 2 aromatic rings. The predicted molar refractivity (Wildman–Crippen MR) is 75.2 cm³/mol. The summed E-state index contributed by atoms with van der Waals surface area (Å²) in [6, 6.07) is 12.5. The summed E-state index contributed by atoms with van der Waals surface area (Å²) in [4.78, 5) is 11.3. The normalized spacial score (nSPS) is 10.0. The molecule has 0 unspecified atom stereocenters. The van der Waals surface area contributed by atoms with E-state index in [1.54, 1.807) is 36.4 Å². The fourth-order valence-electron chi connectivity index (χ4n) is 1.68. The number of hydrogen-bond donors (Lipinski definition) is 0. The van der Waals surface area contributed by atoms with Gasteiger partial charge in [0.25, 0.3) is 0 Å². The zero-order chi connectivity index (χ0) is 15.1. The van der Waals surface area contributed by atoms with E-state index < -0.39 is 5.97 Å². The summed E-state index contributed by atoms with van der Waals surface area (Å²) >= 11 is 0.